The van der Waals surface area contributed by atoms with Gasteiger partial charge in [-0.25, -0.2) is 0 Å². The number of halogens is 3. The molecule has 1 heterocycles. The highest BCUT2D eigenvalue weighted by atomic mass is 19.4. The third-order valence-electron chi connectivity index (χ3n) is 2.97. The van der Waals surface area contributed by atoms with Crippen LogP contribution in [0.4, 0.5) is 13.2 Å². The van der Waals surface area contributed by atoms with Gasteiger partial charge in [-0.2, -0.15) is 22.8 Å². The van der Waals surface area contributed by atoms with Gasteiger partial charge in [-0.15, -0.1) is 0 Å². The van der Waals surface area contributed by atoms with Crippen LogP contribution < -0.4 is 0 Å². The van der Waals surface area contributed by atoms with E-state index in [1.807, 2.05) is 6.07 Å². The second kappa shape index (κ2) is 6.10. The predicted octanol–water partition coefficient (Wildman–Crippen LogP) is 3.71. The fourth-order valence-electron chi connectivity index (χ4n) is 1.99. The van der Waals surface area contributed by atoms with E-state index < -0.39 is 17.9 Å². The van der Waals surface area contributed by atoms with E-state index in [0.29, 0.717) is 0 Å². The van der Waals surface area contributed by atoms with Crippen LogP contribution in [0.25, 0.3) is 6.08 Å². The molecule has 1 aromatic carbocycles. The number of benzene rings is 1. The van der Waals surface area contributed by atoms with Gasteiger partial charge < -0.3 is 0 Å². The van der Waals surface area contributed by atoms with Crippen molar-refractivity contribution in [2.45, 2.75) is 32.2 Å². The standard InChI is InChI=1S/C15H16F3NO3/c1-11(2)10-14(15(16,17)18)21-19(22-14)13(20)9-8-12-6-4-3-5-7-12/h3-9,11H,10H2,1-2H3/b9-8+. The van der Waals surface area contributed by atoms with Gasteiger partial charge in [0.15, 0.2) is 0 Å². The van der Waals surface area contributed by atoms with Gasteiger partial charge in [0.25, 0.3) is 5.91 Å². The molecule has 22 heavy (non-hydrogen) atoms. The van der Waals surface area contributed by atoms with Gasteiger partial charge in [0, 0.05) is 12.5 Å². The number of rotatable bonds is 4. The first kappa shape index (κ1) is 16.5. The van der Waals surface area contributed by atoms with Crippen molar-refractivity contribution in [3.05, 3.63) is 42.0 Å². The van der Waals surface area contributed by atoms with Crippen molar-refractivity contribution in [2.75, 3.05) is 0 Å². The molecule has 1 fully saturated rings. The summed E-state index contributed by atoms with van der Waals surface area (Å²) in [7, 11) is 0. The maximum atomic E-state index is 13.0. The summed E-state index contributed by atoms with van der Waals surface area (Å²) >= 11 is 0. The molecule has 7 heteroatoms. The molecule has 120 valence electrons. The summed E-state index contributed by atoms with van der Waals surface area (Å²) < 4.78 is 39.0. The molecule has 0 saturated carbocycles. The van der Waals surface area contributed by atoms with E-state index in [2.05, 4.69) is 9.68 Å². The van der Waals surface area contributed by atoms with Gasteiger partial charge in [0.05, 0.1) is 0 Å². The molecule has 1 aromatic rings. The Morgan fingerprint density at radius 1 is 1.27 bits per heavy atom. The molecule has 1 aliphatic rings. The van der Waals surface area contributed by atoms with Gasteiger partial charge in [0.2, 0.25) is 0 Å². The van der Waals surface area contributed by atoms with Crippen molar-refractivity contribution < 1.29 is 27.6 Å². The Morgan fingerprint density at radius 3 is 2.36 bits per heavy atom. The number of carbonyl (C=O) groups excluding carboxylic acids is 1. The van der Waals surface area contributed by atoms with Gasteiger partial charge >= 0.3 is 12.0 Å². The van der Waals surface area contributed by atoms with Crippen LogP contribution in [0.1, 0.15) is 25.8 Å². The van der Waals surface area contributed by atoms with E-state index in [0.717, 1.165) is 11.6 Å². The van der Waals surface area contributed by atoms with Crippen molar-refractivity contribution in [1.29, 1.82) is 0 Å². The SMILES string of the molecule is CC(C)CC1(C(F)(F)F)ON(C(=O)/C=C/c2ccccc2)O1. The van der Waals surface area contributed by atoms with Crippen LogP contribution in [0, 0.1) is 5.92 Å². The molecule has 0 aliphatic carbocycles. The topological polar surface area (TPSA) is 38.8 Å². The monoisotopic (exact) mass is 315 g/mol. The number of nitrogens with zero attached hydrogens (tertiary/aromatic N) is 1. The molecule has 4 nitrogen and oxygen atoms in total. The summed E-state index contributed by atoms with van der Waals surface area (Å²) in [5, 5.41) is 0.259. The predicted molar refractivity (Wildman–Crippen MR) is 72.7 cm³/mol. The van der Waals surface area contributed by atoms with Crippen LogP contribution in [0.3, 0.4) is 0 Å². The Bertz CT molecular complexity index is 549. The van der Waals surface area contributed by atoms with Crippen LogP contribution in [0.5, 0.6) is 0 Å². The van der Waals surface area contributed by atoms with Crippen LogP contribution in [0.2, 0.25) is 0 Å². The third kappa shape index (κ3) is 3.48. The van der Waals surface area contributed by atoms with Crippen LogP contribution in [-0.2, 0) is 14.5 Å². The zero-order valence-electron chi connectivity index (χ0n) is 12.1. The lowest BCUT2D eigenvalue weighted by atomic mass is 10.0. The molecule has 0 radical (unpaired) electrons. The molecule has 0 aromatic heterocycles. The van der Waals surface area contributed by atoms with Crippen LogP contribution >= 0.6 is 0 Å². The Labute approximate surface area is 126 Å². The molecular formula is C15H16F3NO3. The first-order chi connectivity index (χ1) is 10.2. The molecule has 0 unspecified atom stereocenters. The molecule has 1 amide bonds. The number of alkyl halides is 3. The maximum absolute atomic E-state index is 13.0. The minimum atomic E-state index is -4.71. The number of hydrogen-bond donors (Lipinski definition) is 0. The first-order valence-corrected chi connectivity index (χ1v) is 6.76. The number of hydroxylamine groups is 2. The Balaban J connectivity index is 1.99. The maximum Gasteiger partial charge on any atom is 0.448 e. The highest BCUT2D eigenvalue weighted by molar-refractivity contribution is 5.90. The smallest absolute Gasteiger partial charge is 0.265 e. The molecule has 0 bridgehead atoms. The lowest BCUT2D eigenvalue weighted by Gasteiger charge is -2.47. The molecule has 0 atom stereocenters. The lowest BCUT2D eigenvalue weighted by molar-refractivity contribution is -0.635. The van der Waals surface area contributed by atoms with E-state index in [4.69, 9.17) is 0 Å². The average Bonchev–Trinajstić information content (AvgIpc) is 2.39. The molecule has 2 rings (SSSR count). The van der Waals surface area contributed by atoms with E-state index in [-0.39, 0.29) is 17.6 Å². The third-order valence-corrected chi connectivity index (χ3v) is 2.97. The summed E-state index contributed by atoms with van der Waals surface area (Å²) in [6.07, 6.45) is -2.55. The zero-order valence-corrected chi connectivity index (χ0v) is 12.1. The second-order valence-corrected chi connectivity index (χ2v) is 5.37. The molecule has 0 N–H and O–H groups in total. The fourth-order valence-corrected chi connectivity index (χ4v) is 1.99. The minimum absolute atomic E-state index is 0.259. The normalized spacial score (nSPS) is 17.8. The van der Waals surface area contributed by atoms with Gasteiger partial charge in [-0.1, -0.05) is 49.4 Å². The quantitative estimate of drug-likeness (QED) is 0.795. The summed E-state index contributed by atoms with van der Waals surface area (Å²) in [6, 6.07) is 8.86. The highest BCUT2D eigenvalue weighted by Crippen LogP contribution is 2.46. The van der Waals surface area contributed by atoms with Crippen molar-refractivity contribution in [3.8, 4) is 0 Å². The minimum Gasteiger partial charge on any atom is -0.265 e. The summed E-state index contributed by atoms with van der Waals surface area (Å²) in [5.41, 5.74) is 0.737. The van der Waals surface area contributed by atoms with Crippen molar-refractivity contribution in [3.63, 3.8) is 0 Å². The fraction of sp³-hybridized carbons (Fsp3) is 0.400. The van der Waals surface area contributed by atoms with Crippen LogP contribution in [0.15, 0.2) is 36.4 Å². The van der Waals surface area contributed by atoms with Gasteiger partial charge in [-0.3, -0.25) is 4.79 Å². The largest absolute Gasteiger partial charge is 0.448 e. The van der Waals surface area contributed by atoms with E-state index >= 15 is 0 Å². The molecule has 1 saturated heterocycles. The molecule has 1 aliphatic heterocycles. The Hall–Kier alpha value is -1.86. The molecular weight excluding hydrogens is 299 g/mol. The summed E-state index contributed by atoms with van der Waals surface area (Å²) in [4.78, 5) is 21.0. The number of amides is 1. The molecule has 0 spiro atoms. The Morgan fingerprint density at radius 2 is 1.86 bits per heavy atom. The van der Waals surface area contributed by atoms with Crippen molar-refractivity contribution in [1.82, 2.24) is 5.23 Å². The van der Waals surface area contributed by atoms with Crippen molar-refractivity contribution >= 4 is 12.0 Å². The Kier molecular flexibility index (Phi) is 4.58. The second-order valence-electron chi connectivity index (χ2n) is 5.37. The van der Waals surface area contributed by atoms with Crippen LogP contribution in [-0.4, -0.2) is 23.1 Å². The lowest BCUT2D eigenvalue weighted by Crippen LogP contribution is -2.66. The van der Waals surface area contributed by atoms with Crippen molar-refractivity contribution in [2.24, 2.45) is 5.92 Å². The van der Waals surface area contributed by atoms with E-state index in [9.17, 15) is 18.0 Å². The number of hydrogen-bond acceptors (Lipinski definition) is 3. The van der Waals surface area contributed by atoms with Gasteiger partial charge in [0.1, 0.15) is 0 Å². The summed E-state index contributed by atoms with van der Waals surface area (Å²) in [5.74, 6) is -3.86. The highest BCUT2D eigenvalue weighted by Gasteiger charge is 2.68. The first-order valence-electron chi connectivity index (χ1n) is 6.76. The average molecular weight is 315 g/mol. The van der Waals surface area contributed by atoms with E-state index in [1.165, 1.54) is 6.08 Å². The van der Waals surface area contributed by atoms with Gasteiger partial charge in [-0.05, 0) is 17.6 Å². The zero-order chi connectivity index (χ0) is 16.4. The number of carbonyl (C=O) groups is 1. The summed E-state index contributed by atoms with van der Waals surface area (Å²) in [6.45, 7) is 3.22. The van der Waals surface area contributed by atoms with E-state index in [1.54, 1.807) is 38.1 Å².